The summed E-state index contributed by atoms with van der Waals surface area (Å²) in [6, 6.07) is 5.36. The molecule has 3 rings (SSSR count). The molecule has 126 valence electrons. The van der Waals surface area contributed by atoms with Gasteiger partial charge in [0.25, 0.3) is 5.17 Å². The number of benzene rings is 1. The van der Waals surface area contributed by atoms with Gasteiger partial charge in [-0.2, -0.15) is 0 Å². The summed E-state index contributed by atoms with van der Waals surface area (Å²) in [6.07, 6.45) is 2.96. The number of ether oxygens (including phenoxy) is 2. The molecule has 0 amide bonds. The van der Waals surface area contributed by atoms with Gasteiger partial charge in [0.2, 0.25) is 0 Å². The lowest BCUT2D eigenvalue weighted by Crippen LogP contribution is -2.30. The van der Waals surface area contributed by atoms with Crippen LogP contribution in [-0.2, 0) is 0 Å². The van der Waals surface area contributed by atoms with E-state index < -0.39 is 4.33 Å². The van der Waals surface area contributed by atoms with Crippen molar-refractivity contribution in [2.24, 2.45) is 5.41 Å². The van der Waals surface area contributed by atoms with Gasteiger partial charge in [-0.1, -0.05) is 24.6 Å². The standard InChI is InChI=1S/C16H18Cl3NO2S/c1-15(9-16(15,18)19)10-21-13-11(17)5-4-6-12(13)22-14(23)20-7-2-3-8-20/h4-6H,2-3,7-10H2,1H3. The van der Waals surface area contributed by atoms with Gasteiger partial charge in [-0.15, -0.1) is 23.2 Å². The minimum atomic E-state index is -0.736. The minimum Gasteiger partial charge on any atom is -0.487 e. The van der Waals surface area contributed by atoms with Crippen LogP contribution in [-0.4, -0.2) is 34.1 Å². The van der Waals surface area contributed by atoms with Gasteiger partial charge in [0.05, 0.1) is 11.6 Å². The molecule has 1 aromatic rings. The van der Waals surface area contributed by atoms with Gasteiger partial charge >= 0.3 is 0 Å². The lowest BCUT2D eigenvalue weighted by atomic mass is 10.2. The van der Waals surface area contributed by atoms with E-state index in [4.69, 9.17) is 56.5 Å². The second-order valence-corrected chi connectivity index (χ2v) is 8.60. The number of thiocarbonyl (C=S) groups is 1. The van der Waals surface area contributed by atoms with Crippen molar-refractivity contribution < 1.29 is 9.47 Å². The molecule has 7 heteroatoms. The lowest BCUT2D eigenvalue weighted by Gasteiger charge is -2.21. The normalized spacial score (nSPS) is 25.3. The molecule has 3 nitrogen and oxygen atoms in total. The van der Waals surface area contributed by atoms with E-state index in [2.05, 4.69) is 0 Å². The SMILES string of the molecule is CC1(COc2c(Cl)cccc2OC(=S)N2CCCC2)CC1(Cl)Cl. The van der Waals surface area contributed by atoms with Crippen molar-refractivity contribution in [1.82, 2.24) is 4.90 Å². The molecule has 2 aliphatic rings. The average Bonchev–Trinajstić information content (AvgIpc) is 2.86. The molecule has 1 atom stereocenters. The Bertz CT molecular complexity index is 619. The summed E-state index contributed by atoms with van der Waals surface area (Å²) in [6.45, 7) is 4.21. The van der Waals surface area contributed by atoms with E-state index in [9.17, 15) is 0 Å². The summed E-state index contributed by atoms with van der Waals surface area (Å²) in [4.78, 5) is 2.05. The summed E-state index contributed by atoms with van der Waals surface area (Å²) < 4.78 is 11.0. The second-order valence-electron chi connectivity index (χ2n) is 6.36. The van der Waals surface area contributed by atoms with Gasteiger partial charge in [-0.3, -0.25) is 0 Å². The number of rotatable bonds is 4. The molecule has 0 aromatic heterocycles. The number of alkyl halides is 2. The molecular weight excluding hydrogens is 377 g/mol. The van der Waals surface area contributed by atoms with Crippen molar-refractivity contribution in [3.63, 3.8) is 0 Å². The van der Waals surface area contributed by atoms with E-state index >= 15 is 0 Å². The van der Waals surface area contributed by atoms with Crippen molar-refractivity contribution in [3.8, 4) is 11.5 Å². The van der Waals surface area contributed by atoms with Crippen molar-refractivity contribution in [2.75, 3.05) is 19.7 Å². The van der Waals surface area contributed by atoms with Gasteiger partial charge in [-0.05, 0) is 43.6 Å². The van der Waals surface area contributed by atoms with Crippen LogP contribution < -0.4 is 9.47 Å². The topological polar surface area (TPSA) is 21.7 Å². The Morgan fingerprint density at radius 1 is 1.30 bits per heavy atom. The third-order valence-corrected chi connectivity index (χ3v) is 6.22. The highest BCUT2D eigenvalue weighted by Gasteiger charge is 2.63. The third-order valence-electron chi connectivity index (χ3n) is 4.40. The summed E-state index contributed by atoms with van der Waals surface area (Å²) in [5.74, 6) is 1.00. The van der Waals surface area contributed by atoms with Crippen molar-refractivity contribution in [1.29, 1.82) is 0 Å². The van der Waals surface area contributed by atoms with Crippen LogP contribution in [0.2, 0.25) is 5.02 Å². The van der Waals surface area contributed by atoms with Crippen LogP contribution in [0.1, 0.15) is 26.2 Å². The third kappa shape index (κ3) is 3.65. The Labute approximate surface area is 156 Å². The van der Waals surface area contributed by atoms with E-state index in [1.807, 2.05) is 17.9 Å². The molecular formula is C16H18Cl3NO2S. The van der Waals surface area contributed by atoms with Crippen LogP contribution in [0.15, 0.2) is 18.2 Å². The average molecular weight is 395 g/mol. The van der Waals surface area contributed by atoms with Crippen LogP contribution >= 0.6 is 47.0 Å². The van der Waals surface area contributed by atoms with Crippen molar-refractivity contribution in [2.45, 2.75) is 30.5 Å². The smallest absolute Gasteiger partial charge is 0.264 e. The summed E-state index contributed by atoms with van der Waals surface area (Å²) in [5.41, 5.74) is -0.276. The van der Waals surface area contributed by atoms with Crippen molar-refractivity contribution >= 4 is 52.2 Å². The number of para-hydroxylation sites is 1. The quantitative estimate of drug-likeness (QED) is 0.525. The van der Waals surface area contributed by atoms with E-state index in [1.54, 1.807) is 12.1 Å². The molecule has 1 aliphatic heterocycles. The van der Waals surface area contributed by atoms with Gasteiger partial charge in [0.1, 0.15) is 4.33 Å². The molecule has 1 unspecified atom stereocenters. The molecule has 0 bridgehead atoms. The first kappa shape index (κ1) is 17.4. The van der Waals surface area contributed by atoms with Gasteiger partial charge in [0.15, 0.2) is 11.5 Å². The number of hydrogen-bond acceptors (Lipinski definition) is 3. The Morgan fingerprint density at radius 2 is 1.96 bits per heavy atom. The van der Waals surface area contributed by atoms with Crippen LogP contribution in [0.25, 0.3) is 0 Å². The summed E-state index contributed by atoms with van der Waals surface area (Å²) in [7, 11) is 0. The molecule has 2 fully saturated rings. The zero-order valence-corrected chi connectivity index (χ0v) is 15.9. The predicted molar refractivity (Wildman–Crippen MR) is 98.1 cm³/mol. The Balaban J connectivity index is 1.70. The molecule has 0 N–H and O–H groups in total. The largest absolute Gasteiger partial charge is 0.487 e. The predicted octanol–water partition coefficient (Wildman–Crippen LogP) is 5.06. The first-order valence-electron chi connectivity index (χ1n) is 7.58. The number of nitrogens with zero attached hydrogens (tertiary/aromatic N) is 1. The second kappa shape index (κ2) is 6.47. The maximum absolute atomic E-state index is 6.27. The molecule has 0 spiro atoms. The molecule has 1 saturated carbocycles. The van der Waals surface area contributed by atoms with Crippen LogP contribution in [0, 0.1) is 5.41 Å². The van der Waals surface area contributed by atoms with Crippen LogP contribution in [0.4, 0.5) is 0 Å². The highest BCUT2D eigenvalue weighted by molar-refractivity contribution is 7.80. The van der Waals surface area contributed by atoms with E-state index in [0.717, 1.165) is 25.9 Å². The number of likely N-dealkylation sites (tertiary alicyclic amines) is 1. The fraction of sp³-hybridized carbons (Fsp3) is 0.562. The zero-order valence-electron chi connectivity index (χ0n) is 12.8. The first-order valence-corrected chi connectivity index (χ1v) is 9.12. The Kier molecular flexibility index (Phi) is 4.90. The first-order chi connectivity index (χ1) is 10.8. The van der Waals surface area contributed by atoms with E-state index in [0.29, 0.717) is 34.7 Å². The molecule has 1 heterocycles. The van der Waals surface area contributed by atoms with E-state index in [1.165, 1.54) is 0 Å². The Hall–Kier alpha value is -0.420. The molecule has 1 aromatic carbocycles. The maximum atomic E-state index is 6.27. The van der Waals surface area contributed by atoms with Crippen molar-refractivity contribution in [3.05, 3.63) is 23.2 Å². The fourth-order valence-corrected chi connectivity index (χ4v) is 3.79. The van der Waals surface area contributed by atoms with Gasteiger partial charge in [-0.25, -0.2) is 0 Å². The maximum Gasteiger partial charge on any atom is 0.264 e. The fourth-order valence-electron chi connectivity index (χ4n) is 2.60. The molecule has 1 aliphatic carbocycles. The number of hydrogen-bond donors (Lipinski definition) is 0. The van der Waals surface area contributed by atoms with Gasteiger partial charge < -0.3 is 14.4 Å². The zero-order chi connectivity index (χ0) is 16.7. The van der Waals surface area contributed by atoms with Gasteiger partial charge in [0, 0.05) is 18.5 Å². The minimum absolute atomic E-state index is 0.276. The highest BCUT2D eigenvalue weighted by atomic mass is 35.5. The Morgan fingerprint density at radius 3 is 2.57 bits per heavy atom. The summed E-state index contributed by atoms with van der Waals surface area (Å²) >= 11 is 23.9. The monoisotopic (exact) mass is 393 g/mol. The number of halogens is 3. The molecule has 0 radical (unpaired) electrons. The molecule has 23 heavy (non-hydrogen) atoms. The molecule has 1 saturated heterocycles. The highest BCUT2D eigenvalue weighted by Crippen LogP contribution is 2.63. The lowest BCUT2D eigenvalue weighted by molar-refractivity contribution is 0.238. The van der Waals surface area contributed by atoms with Crippen LogP contribution in [0.3, 0.4) is 0 Å². The van der Waals surface area contributed by atoms with Crippen LogP contribution in [0.5, 0.6) is 11.5 Å². The summed E-state index contributed by atoms with van der Waals surface area (Å²) in [5, 5.41) is 0.932. The van der Waals surface area contributed by atoms with E-state index in [-0.39, 0.29) is 5.41 Å².